The molecule has 0 fully saturated rings. The Bertz CT molecular complexity index is 4250. The summed E-state index contributed by atoms with van der Waals surface area (Å²) in [5.41, 5.74) is 28.4. The first-order valence-corrected chi connectivity index (χ1v) is 31.7. The van der Waals surface area contributed by atoms with Crippen molar-refractivity contribution in [1.29, 1.82) is 0 Å². The molecule has 0 aliphatic carbocycles. The summed E-state index contributed by atoms with van der Waals surface area (Å²) >= 11 is 0. The van der Waals surface area contributed by atoms with Crippen molar-refractivity contribution in [2.45, 2.75) is 67.2 Å². The van der Waals surface area contributed by atoms with Gasteiger partial charge in [-0.25, -0.2) is 0 Å². The first kappa shape index (κ1) is 59.8. The molecule has 2 heteroatoms. The highest BCUT2D eigenvalue weighted by Crippen LogP contribution is 2.41. The van der Waals surface area contributed by atoms with E-state index in [9.17, 15) is 0 Å². The Kier molecular flexibility index (Phi) is 18.1. The smallest absolute Gasteiger partial charge is 0.0490 e. The van der Waals surface area contributed by atoms with Crippen molar-refractivity contribution in [3.8, 4) is 0 Å². The maximum Gasteiger partial charge on any atom is 0.0490 e. The van der Waals surface area contributed by atoms with Crippen LogP contribution in [-0.4, -0.2) is 0 Å². The first-order chi connectivity index (χ1) is 43.9. The molecule has 0 aromatic heterocycles. The predicted molar refractivity (Wildman–Crippen MR) is 391 cm³/mol. The summed E-state index contributed by atoms with van der Waals surface area (Å²) in [6.07, 6.45) is 13.6. The van der Waals surface area contributed by atoms with Crippen LogP contribution in [0.3, 0.4) is 0 Å². The van der Waals surface area contributed by atoms with Gasteiger partial charge < -0.3 is 9.80 Å². The number of benzene rings is 12. The molecule has 440 valence electrons. The van der Waals surface area contributed by atoms with Crippen LogP contribution in [0.5, 0.6) is 0 Å². The largest absolute Gasteiger partial charge is 0.310 e. The molecule has 0 aliphatic rings. The summed E-state index contributed by atoms with van der Waals surface area (Å²) in [5, 5.41) is 2.42. The maximum absolute atomic E-state index is 2.39. The molecule has 12 aromatic rings. The van der Waals surface area contributed by atoms with E-state index in [1.807, 2.05) is 0 Å². The second-order valence-electron chi connectivity index (χ2n) is 24.5. The average Bonchev–Trinajstić information content (AvgIpc) is 1.23. The first-order valence-electron chi connectivity index (χ1n) is 31.7. The van der Waals surface area contributed by atoms with Crippen molar-refractivity contribution in [1.82, 2.24) is 0 Å². The van der Waals surface area contributed by atoms with E-state index in [-0.39, 0.29) is 0 Å². The van der Waals surface area contributed by atoms with Gasteiger partial charge in [0.1, 0.15) is 0 Å². The average molecular weight is 1160 g/mol. The summed E-state index contributed by atoms with van der Waals surface area (Å²) in [4.78, 5) is 4.79. The van der Waals surface area contributed by atoms with Crippen molar-refractivity contribution in [2.75, 3.05) is 9.80 Å². The molecule has 0 saturated carbocycles. The molecule has 0 aliphatic heterocycles. The molecule has 0 unspecified atom stereocenters. The molecule has 0 radical (unpaired) electrons. The van der Waals surface area contributed by atoms with Gasteiger partial charge in [-0.05, 0) is 224 Å². The summed E-state index contributed by atoms with van der Waals surface area (Å²) < 4.78 is 0. The number of anilines is 6. The van der Waals surface area contributed by atoms with Crippen LogP contribution in [0.1, 0.15) is 129 Å². The van der Waals surface area contributed by atoms with Gasteiger partial charge in [0.15, 0.2) is 0 Å². The minimum atomic E-state index is 0.435. The maximum atomic E-state index is 2.39. The van der Waals surface area contributed by atoms with Crippen molar-refractivity contribution in [3.63, 3.8) is 0 Å². The molecule has 0 N–H and O–H groups in total. The van der Waals surface area contributed by atoms with E-state index >= 15 is 0 Å². The van der Waals surface area contributed by atoms with Gasteiger partial charge in [0.2, 0.25) is 0 Å². The Morgan fingerprint density at radius 2 is 0.600 bits per heavy atom. The van der Waals surface area contributed by atoms with E-state index in [4.69, 9.17) is 0 Å². The molecule has 12 rings (SSSR count). The third-order valence-electron chi connectivity index (χ3n) is 17.2. The van der Waals surface area contributed by atoms with Crippen molar-refractivity contribution in [3.05, 3.63) is 368 Å². The van der Waals surface area contributed by atoms with Gasteiger partial charge >= 0.3 is 0 Å². The van der Waals surface area contributed by atoms with Gasteiger partial charge in [0, 0.05) is 34.1 Å². The predicted octanol–water partition coefficient (Wildman–Crippen LogP) is 24.8. The minimum absolute atomic E-state index is 0.435. The van der Waals surface area contributed by atoms with Crippen LogP contribution >= 0.6 is 0 Å². The number of aryl methyl sites for hydroxylation is 4. The van der Waals surface area contributed by atoms with E-state index in [0.717, 1.165) is 67.5 Å². The van der Waals surface area contributed by atoms with Crippen molar-refractivity contribution < 1.29 is 0 Å². The normalized spacial score (nSPS) is 12.0. The fourth-order valence-electron chi connectivity index (χ4n) is 12.0. The quantitative estimate of drug-likeness (QED) is 0.0790. The van der Waals surface area contributed by atoms with Gasteiger partial charge in [-0.15, -0.1) is 0 Å². The van der Waals surface area contributed by atoms with Crippen LogP contribution < -0.4 is 9.80 Å². The molecule has 0 amide bonds. The molecule has 90 heavy (non-hydrogen) atoms. The number of hydrogen-bond acceptors (Lipinski definition) is 2. The zero-order chi connectivity index (χ0) is 62.1. The molecular formula is C88H78N2. The topological polar surface area (TPSA) is 6.48 Å². The Labute approximate surface area is 534 Å². The van der Waals surface area contributed by atoms with Gasteiger partial charge in [0.25, 0.3) is 0 Å². The lowest BCUT2D eigenvalue weighted by atomic mass is 9.95. The summed E-state index contributed by atoms with van der Waals surface area (Å²) in [7, 11) is 0. The summed E-state index contributed by atoms with van der Waals surface area (Å²) in [6, 6.07) is 102. The Balaban J connectivity index is 0.829. The van der Waals surface area contributed by atoms with Gasteiger partial charge in [-0.1, -0.05) is 269 Å². The highest BCUT2D eigenvalue weighted by Gasteiger charge is 2.19. The fraction of sp³-hybridized carbons (Fsp3) is 0.114. The third-order valence-corrected chi connectivity index (χ3v) is 17.2. The molecule has 0 spiro atoms. The lowest BCUT2D eigenvalue weighted by Crippen LogP contribution is -2.11. The molecule has 12 aromatic carbocycles. The fourth-order valence-corrected chi connectivity index (χ4v) is 12.0. The number of hydrogen-bond donors (Lipinski definition) is 0. The Hall–Kier alpha value is -10.5. The Morgan fingerprint density at radius 1 is 0.289 bits per heavy atom. The van der Waals surface area contributed by atoms with Gasteiger partial charge in [-0.3, -0.25) is 0 Å². The number of nitrogens with zero attached hydrogens (tertiary/aromatic N) is 2. The molecule has 0 heterocycles. The molecule has 2 nitrogen and oxygen atoms in total. The second kappa shape index (κ2) is 27.2. The second-order valence-corrected chi connectivity index (χ2v) is 24.5. The summed E-state index contributed by atoms with van der Waals surface area (Å²) in [6.45, 7) is 17.8. The van der Waals surface area contributed by atoms with Crippen LogP contribution in [0.25, 0.3) is 58.4 Å². The van der Waals surface area contributed by atoms with E-state index in [1.165, 1.54) is 77.6 Å². The van der Waals surface area contributed by atoms with E-state index in [2.05, 4.69) is 381 Å². The van der Waals surface area contributed by atoms with Crippen LogP contribution in [0.15, 0.2) is 279 Å². The minimum Gasteiger partial charge on any atom is -0.310 e. The van der Waals surface area contributed by atoms with Gasteiger partial charge in [-0.2, -0.15) is 0 Å². The zero-order valence-corrected chi connectivity index (χ0v) is 53.1. The van der Waals surface area contributed by atoms with Crippen LogP contribution in [0.4, 0.5) is 34.1 Å². The number of fused-ring (bicyclic) bond motifs is 1. The van der Waals surface area contributed by atoms with E-state index in [0.29, 0.717) is 11.8 Å². The third kappa shape index (κ3) is 13.9. The molecule has 0 atom stereocenters. The van der Waals surface area contributed by atoms with Gasteiger partial charge in [0.05, 0.1) is 0 Å². The van der Waals surface area contributed by atoms with Crippen molar-refractivity contribution in [2.24, 2.45) is 0 Å². The zero-order valence-electron chi connectivity index (χ0n) is 53.1. The van der Waals surface area contributed by atoms with Crippen molar-refractivity contribution >= 4 is 92.5 Å². The van der Waals surface area contributed by atoms with Crippen LogP contribution in [0.2, 0.25) is 0 Å². The Morgan fingerprint density at radius 3 is 0.922 bits per heavy atom. The van der Waals surface area contributed by atoms with Crippen LogP contribution in [0, 0.1) is 27.7 Å². The van der Waals surface area contributed by atoms with Crippen LogP contribution in [-0.2, 0) is 0 Å². The summed E-state index contributed by atoms with van der Waals surface area (Å²) in [5.74, 6) is 0.871. The molecule has 0 bridgehead atoms. The molecule has 0 saturated heterocycles. The lowest BCUT2D eigenvalue weighted by Gasteiger charge is -2.28. The molecular weight excluding hydrogens is 1080 g/mol. The van der Waals surface area contributed by atoms with E-state index < -0.39 is 0 Å². The highest BCUT2D eigenvalue weighted by molar-refractivity contribution is 5.95. The monoisotopic (exact) mass is 1160 g/mol. The lowest BCUT2D eigenvalue weighted by molar-refractivity contribution is 0.864. The van der Waals surface area contributed by atoms with E-state index in [1.54, 1.807) is 0 Å². The highest BCUT2D eigenvalue weighted by atomic mass is 15.1. The standard InChI is InChI=1S/C88H78N2/c1-61(2)75-43-53-87(65(7)55-75)89(83-49-33-69(34-50-83)57-85(71-17-11-9-12-18-71)73-37-23-63(5)24-38-73)81-45-29-67(30-46-81)27-41-79-59-77-21-15-16-22-78(77)60-80(79)42-28-68-31-47-82(48-32-68)90(88-54-44-76(62(3)4)56-66(88)8)84-51-35-70(36-52-84)58-86(72-19-13-10-14-20-72)74-39-25-64(6)26-40-74/h9-62H,1-8H3/b41-27+,42-28+,85-57+,86-58+. The SMILES string of the molecule is Cc1ccc(/C(=C/c2ccc(N(c3ccc(/C=C/c4cc5ccccc5cc4/C=C/c4ccc(N(c5ccc(/C=C(\c6ccccc6)c6ccc(C)cc6)cc5)c5ccc(C(C)C)cc5C)cc4)cc3)c3ccc(C(C)C)cc3C)cc2)c2ccccc2)cc1. The number of rotatable bonds is 18.